The number of fused-ring (bicyclic) bond motifs is 1. The van der Waals surface area contributed by atoms with Crippen molar-refractivity contribution in [2.75, 3.05) is 22.5 Å². The lowest BCUT2D eigenvalue weighted by Crippen LogP contribution is -2.36. The third kappa shape index (κ3) is 4.78. The molecule has 0 saturated carbocycles. The highest BCUT2D eigenvalue weighted by Crippen LogP contribution is 2.30. The van der Waals surface area contributed by atoms with Gasteiger partial charge < -0.3 is 4.90 Å². The normalized spacial score (nSPS) is 12.8. The largest absolute Gasteiger partial charge is 0.311 e. The molecule has 32 heavy (non-hydrogen) atoms. The van der Waals surface area contributed by atoms with Gasteiger partial charge in [0.15, 0.2) is 4.34 Å². The number of nitrogens with one attached hydrogen (secondary N) is 1. The zero-order chi connectivity index (χ0) is 22.7. The smallest absolute Gasteiger partial charge is 0.273 e. The Morgan fingerprint density at radius 3 is 2.88 bits per heavy atom. The first kappa shape index (κ1) is 21.9. The van der Waals surface area contributed by atoms with Gasteiger partial charge in [-0.05, 0) is 37.5 Å². The molecule has 0 fully saturated rings. The van der Waals surface area contributed by atoms with Crippen LogP contribution in [0.5, 0.6) is 0 Å². The third-order valence-electron chi connectivity index (χ3n) is 5.03. The van der Waals surface area contributed by atoms with Crippen LogP contribution >= 0.6 is 23.1 Å². The fraction of sp³-hybridized carbons (Fsp3) is 0.238. The molecule has 2 amide bonds. The van der Waals surface area contributed by atoms with Crippen LogP contribution < -0.4 is 10.2 Å². The van der Waals surface area contributed by atoms with Crippen molar-refractivity contribution in [3.63, 3.8) is 0 Å². The van der Waals surface area contributed by atoms with E-state index in [1.54, 1.807) is 11.8 Å². The Morgan fingerprint density at radius 2 is 2.06 bits per heavy atom. The summed E-state index contributed by atoms with van der Waals surface area (Å²) in [6.45, 7) is 2.30. The highest BCUT2D eigenvalue weighted by molar-refractivity contribution is 8.01. The Bertz CT molecular complexity index is 1200. The Morgan fingerprint density at radius 1 is 1.25 bits per heavy atom. The zero-order valence-corrected chi connectivity index (χ0v) is 18.7. The van der Waals surface area contributed by atoms with E-state index >= 15 is 0 Å². The van der Waals surface area contributed by atoms with E-state index in [0.29, 0.717) is 16.4 Å². The minimum atomic E-state index is -0.524. The molecule has 0 bridgehead atoms. The van der Waals surface area contributed by atoms with Gasteiger partial charge in [0.1, 0.15) is 0 Å². The predicted octanol–water partition coefficient (Wildman–Crippen LogP) is 4.08. The van der Waals surface area contributed by atoms with Crippen LogP contribution in [-0.2, 0) is 11.2 Å². The summed E-state index contributed by atoms with van der Waals surface area (Å²) in [5, 5.41) is 21.9. The molecule has 3 aromatic rings. The standard InChI is InChI=1S/C21H19N5O4S2/c1-13-8-9-15(11-17(13)26(29)30)19(28)22-20-23-24-21(32-20)31-12-18(27)25-10-4-6-14-5-2-3-7-16(14)25/h2-3,5,7-9,11H,4,6,10,12H2,1H3,(H,22,23,28). The Hall–Kier alpha value is -3.31. The molecule has 0 atom stereocenters. The summed E-state index contributed by atoms with van der Waals surface area (Å²) >= 11 is 2.41. The maximum Gasteiger partial charge on any atom is 0.273 e. The molecule has 2 heterocycles. The number of rotatable bonds is 6. The van der Waals surface area contributed by atoms with Crippen molar-refractivity contribution in [3.8, 4) is 0 Å². The average molecular weight is 470 g/mol. The van der Waals surface area contributed by atoms with Crippen LogP contribution in [0, 0.1) is 17.0 Å². The van der Waals surface area contributed by atoms with Crippen molar-refractivity contribution in [1.82, 2.24) is 10.2 Å². The third-order valence-corrected chi connectivity index (χ3v) is 6.98. The van der Waals surface area contributed by atoms with Crippen LogP contribution in [-0.4, -0.2) is 39.2 Å². The summed E-state index contributed by atoms with van der Waals surface area (Å²) in [6.07, 6.45) is 1.90. The fourth-order valence-electron chi connectivity index (χ4n) is 3.43. The maximum absolute atomic E-state index is 12.8. The number of aromatic nitrogens is 2. The first-order chi connectivity index (χ1) is 15.4. The number of thioether (sulfide) groups is 1. The predicted molar refractivity (Wildman–Crippen MR) is 124 cm³/mol. The SMILES string of the molecule is Cc1ccc(C(=O)Nc2nnc(SCC(=O)N3CCCc4ccccc43)s2)cc1[N+](=O)[O-]. The number of carbonyl (C=O) groups is 2. The summed E-state index contributed by atoms with van der Waals surface area (Å²) in [5.74, 6) is -0.308. The molecule has 0 unspecified atom stereocenters. The quantitative estimate of drug-likeness (QED) is 0.250. The Labute approximate surface area is 192 Å². The second-order valence-corrected chi connectivity index (χ2v) is 9.35. The van der Waals surface area contributed by atoms with E-state index in [9.17, 15) is 19.7 Å². The first-order valence-electron chi connectivity index (χ1n) is 9.83. The van der Waals surface area contributed by atoms with Crippen LogP contribution in [0.4, 0.5) is 16.5 Å². The number of hydrogen-bond acceptors (Lipinski definition) is 8. The summed E-state index contributed by atoms with van der Waals surface area (Å²) < 4.78 is 0.550. The molecule has 9 nitrogen and oxygen atoms in total. The zero-order valence-electron chi connectivity index (χ0n) is 17.1. The van der Waals surface area contributed by atoms with Crippen LogP contribution in [0.25, 0.3) is 0 Å². The van der Waals surface area contributed by atoms with Crippen molar-refractivity contribution >= 4 is 51.4 Å². The molecule has 1 aliphatic heterocycles. The topological polar surface area (TPSA) is 118 Å². The molecule has 1 aliphatic rings. The highest BCUT2D eigenvalue weighted by atomic mass is 32.2. The van der Waals surface area contributed by atoms with Crippen LogP contribution in [0.3, 0.4) is 0 Å². The molecule has 11 heteroatoms. The van der Waals surface area contributed by atoms with Crippen molar-refractivity contribution in [3.05, 3.63) is 69.3 Å². The molecule has 0 aliphatic carbocycles. The fourth-order valence-corrected chi connectivity index (χ4v) is 5.05. The first-order valence-corrected chi connectivity index (χ1v) is 11.6. The van der Waals surface area contributed by atoms with Crippen LogP contribution in [0.2, 0.25) is 0 Å². The number of hydrogen-bond donors (Lipinski definition) is 1. The average Bonchev–Trinajstić information content (AvgIpc) is 3.24. The van der Waals surface area contributed by atoms with Gasteiger partial charge in [0.25, 0.3) is 11.6 Å². The van der Waals surface area contributed by atoms with Gasteiger partial charge in [-0.2, -0.15) is 0 Å². The van der Waals surface area contributed by atoms with Crippen molar-refractivity contribution < 1.29 is 14.5 Å². The Kier molecular flexibility index (Phi) is 6.47. The van der Waals surface area contributed by atoms with E-state index in [4.69, 9.17) is 0 Å². The van der Waals surface area contributed by atoms with Crippen molar-refractivity contribution in [2.45, 2.75) is 24.1 Å². The van der Waals surface area contributed by atoms with E-state index in [1.165, 1.54) is 35.5 Å². The van der Waals surface area contributed by atoms with Gasteiger partial charge in [-0.25, -0.2) is 0 Å². The van der Waals surface area contributed by atoms with Gasteiger partial charge in [0.2, 0.25) is 11.0 Å². The lowest BCUT2D eigenvalue weighted by Gasteiger charge is -2.29. The molecule has 1 aromatic heterocycles. The second-order valence-electron chi connectivity index (χ2n) is 7.15. The van der Waals surface area contributed by atoms with E-state index < -0.39 is 10.8 Å². The summed E-state index contributed by atoms with van der Waals surface area (Å²) in [7, 11) is 0. The molecule has 0 radical (unpaired) electrons. The number of anilines is 2. The van der Waals surface area contributed by atoms with Gasteiger partial charge in [0.05, 0.1) is 10.7 Å². The summed E-state index contributed by atoms with van der Waals surface area (Å²) in [5.41, 5.74) is 2.65. The second kappa shape index (κ2) is 9.45. The molecule has 164 valence electrons. The number of nitro groups is 1. The molecule has 0 spiro atoms. The molecule has 4 rings (SSSR count). The number of amides is 2. The molecular weight excluding hydrogens is 450 g/mol. The molecule has 2 aromatic carbocycles. The van der Waals surface area contributed by atoms with E-state index in [1.807, 2.05) is 24.3 Å². The van der Waals surface area contributed by atoms with E-state index in [0.717, 1.165) is 29.9 Å². The van der Waals surface area contributed by atoms with Gasteiger partial charge >= 0.3 is 0 Å². The molecular formula is C21H19N5O4S2. The van der Waals surface area contributed by atoms with Gasteiger partial charge in [-0.15, -0.1) is 10.2 Å². The highest BCUT2D eigenvalue weighted by Gasteiger charge is 2.23. The Balaban J connectivity index is 1.37. The molecule has 1 N–H and O–H groups in total. The van der Waals surface area contributed by atoms with Gasteiger partial charge in [0, 0.05) is 29.4 Å². The number of carbonyl (C=O) groups excluding carboxylic acids is 2. The van der Waals surface area contributed by atoms with E-state index in [-0.39, 0.29) is 28.0 Å². The number of nitro benzene ring substituents is 1. The molecule has 0 saturated heterocycles. The van der Waals surface area contributed by atoms with E-state index in [2.05, 4.69) is 15.5 Å². The van der Waals surface area contributed by atoms with Gasteiger partial charge in [-0.3, -0.25) is 25.0 Å². The van der Waals surface area contributed by atoms with Crippen molar-refractivity contribution in [1.29, 1.82) is 0 Å². The number of benzene rings is 2. The summed E-state index contributed by atoms with van der Waals surface area (Å²) in [4.78, 5) is 37.6. The monoisotopic (exact) mass is 469 g/mol. The lowest BCUT2D eigenvalue weighted by molar-refractivity contribution is -0.385. The van der Waals surface area contributed by atoms with Crippen LogP contribution in [0.15, 0.2) is 46.8 Å². The van der Waals surface area contributed by atoms with Crippen LogP contribution in [0.1, 0.15) is 27.9 Å². The van der Waals surface area contributed by atoms with Gasteiger partial charge in [-0.1, -0.05) is 47.4 Å². The lowest BCUT2D eigenvalue weighted by atomic mass is 10.0. The summed E-state index contributed by atoms with van der Waals surface area (Å²) in [6, 6.07) is 12.2. The van der Waals surface area contributed by atoms with Crippen molar-refractivity contribution in [2.24, 2.45) is 0 Å². The number of para-hydroxylation sites is 1. The number of aryl methyl sites for hydroxylation is 2. The number of nitrogens with zero attached hydrogens (tertiary/aromatic N) is 4. The maximum atomic E-state index is 12.8. The minimum Gasteiger partial charge on any atom is -0.311 e. The minimum absolute atomic E-state index is 0.00472.